The van der Waals surface area contributed by atoms with Crippen LogP contribution in [0.15, 0.2) is 60.7 Å². The molecule has 0 aliphatic rings. The van der Waals surface area contributed by atoms with Crippen LogP contribution in [0.4, 0.5) is 18.9 Å². The highest BCUT2D eigenvalue weighted by Gasteiger charge is 2.27. The Bertz CT molecular complexity index is 1140. The molecule has 0 heterocycles. The van der Waals surface area contributed by atoms with Crippen LogP contribution in [0.1, 0.15) is 38.8 Å². The minimum absolute atomic E-state index is 0.0287. The average Bonchev–Trinajstić information content (AvgIpc) is 2.69. The van der Waals surface area contributed by atoms with Crippen LogP contribution in [0.3, 0.4) is 0 Å². The van der Waals surface area contributed by atoms with E-state index in [2.05, 4.69) is 5.32 Å². The van der Waals surface area contributed by atoms with Crippen molar-refractivity contribution >= 4 is 17.6 Å². The fourth-order valence-corrected chi connectivity index (χ4v) is 2.81. The smallest absolute Gasteiger partial charge is 0.335 e. The lowest BCUT2D eigenvalue weighted by Gasteiger charge is -2.17. The maximum Gasteiger partial charge on any atom is 0.335 e. The van der Waals surface area contributed by atoms with Gasteiger partial charge >= 0.3 is 5.97 Å². The lowest BCUT2D eigenvalue weighted by molar-refractivity contribution is 0.0172. The number of alkyl halides is 2. The number of carboxylic acids is 1. The summed E-state index contributed by atoms with van der Waals surface area (Å²) >= 11 is 0. The van der Waals surface area contributed by atoms with Crippen LogP contribution in [-0.2, 0) is 5.92 Å². The highest BCUT2D eigenvalue weighted by molar-refractivity contribution is 6.06. The third-order valence-electron chi connectivity index (χ3n) is 4.48. The largest absolute Gasteiger partial charge is 0.478 e. The molecule has 0 unspecified atom stereocenters. The quantitative estimate of drug-likeness (QED) is 0.505. The summed E-state index contributed by atoms with van der Waals surface area (Å²) in [7, 11) is 0. The van der Waals surface area contributed by atoms with Crippen LogP contribution in [-0.4, -0.2) is 17.0 Å². The Hall–Kier alpha value is -3.81. The Labute approximate surface area is 176 Å². The van der Waals surface area contributed by atoms with E-state index in [0.717, 1.165) is 25.1 Å². The van der Waals surface area contributed by atoms with Crippen molar-refractivity contribution in [1.82, 2.24) is 0 Å². The monoisotopic (exact) mass is 429 g/mol. The molecule has 0 saturated carbocycles. The summed E-state index contributed by atoms with van der Waals surface area (Å²) in [6.45, 7) is 2.31. The Balaban J connectivity index is 1.95. The summed E-state index contributed by atoms with van der Waals surface area (Å²) in [5.74, 6) is -5.34. The SMILES string of the molecule is Cc1cc(F)ccc1Oc1cc(C(C)(F)F)ccc1C(=O)Nc1ccc(C(=O)O)cc1. The number of halogens is 3. The number of amides is 1. The molecule has 160 valence electrons. The number of hydrogen-bond acceptors (Lipinski definition) is 3. The number of anilines is 1. The van der Waals surface area contributed by atoms with E-state index in [1.165, 1.54) is 42.5 Å². The standard InChI is InChI=1S/C23H18F3NO4/c1-13-11-16(24)6-10-19(13)31-20-12-15(23(2,25)26)5-9-18(20)21(28)27-17-7-3-14(4-8-17)22(29)30/h3-12H,1-2H3,(H,27,28)(H,29,30). The van der Waals surface area contributed by atoms with Gasteiger partial charge in [-0.2, -0.15) is 0 Å². The van der Waals surface area contributed by atoms with Crippen molar-refractivity contribution in [2.24, 2.45) is 0 Å². The first kappa shape index (κ1) is 21.9. The zero-order valence-electron chi connectivity index (χ0n) is 16.6. The molecule has 3 rings (SSSR count). The Morgan fingerprint density at radius 2 is 1.65 bits per heavy atom. The molecule has 0 saturated heterocycles. The van der Waals surface area contributed by atoms with E-state index in [0.29, 0.717) is 11.3 Å². The van der Waals surface area contributed by atoms with Crippen molar-refractivity contribution < 1.29 is 32.6 Å². The van der Waals surface area contributed by atoms with E-state index in [-0.39, 0.29) is 28.2 Å². The predicted octanol–water partition coefficient (Wildman–Crippen LogP) is 5.99. The molecule has 0 bridgehead atoms. The van der Waals surface area contributed by atoms with E-state index in [1.54, 1.807) is 6.92 Å². The molecule has 2 N–H and O–H groups in total. The molecule has 1 amide bonds. The van der Waals surface area contributed by atoms with Crippen LogP contribution in [0.2, 0.25) is 0 Å². The number of aryl methyl sites for hydroxylation is 1. The second-order valence-corrected chi connectivity index (χ2v) is 6.95. The van der Waals surface area contributed by atoms with Gasteiger partial charge in [0.2, 0.25) is 0 Å². The fraction of sp³-hybridized carbons (Fsp3) is 0.130. The summed E-state index contributed by atoms with van der Waals surface area (Å²) in [6.07, 6.45) is 0. The van der Waals surface area contributed by atoms with Gasteiger partial charge in [0.15, 0.2) is 0 Å². The summed E-state index contributed by atoms with van der Waals surface area (Å²) < 4.78 is 46.8. The van der Waals surface area contributed by atoms with Crippen molar-refractivity contribution in [2.45, 2.75) is 19.8 Å². The maximum absolute atomic E-state index is 13.8. The molecule has 0 aromatic heterocycles. The molecule has 3 aromatic carbocycles. The van der Waals surface area contributed by atoms with Gasteiger partial charge in [-0.05, 0) is 67.1 Å². The van der Waals surface area contributed by atoms with Gasteiger partial charge in [0.05, 0.1) is 11.1 Å². The molecule has 0 radical (unpaired) electrons. The Morgan fingerprint density at radius 3 is 2.23 bits per heavy atom. The maximum atomic E-state index is 13.8. The number of aromatic carboxylic acids is 1. The molecule has 3 aromatic rings. The van der Waals surface area contributed by atoms with E-state index >= 15 is 0 Å². The van der Waals surface area contributed by atoms with Gasteiger partial charge in [0.25, 0.3) is 11.8 Å². The number of rotatable bonds is 6. The van der Waals surface area contributed by atoms with Crippen LogP contribution in [0, 0.1) is 12.7 Å². The summed E-state index contributed by atoms with van der Waals surface area (Å²) in [4.78, 5) is 23.7. The van der Waals surface area contributed by atoms with Crippen LogP contribution >= 0.6 is 0 Å². The number of carbonyl (C=O) groups is 2. The van der Waals surface area contributed by atoms with Crippen molar-refractivity contribution in [3.05, 3.63) is 88.7 Å². The summed E-state index contributed by atoms with van der Waals surface area (Å²) in [6, 6.07) is 12.5. The summed E-state index contributed by atoms with van der Waals surface area (Å²) in [5, 5.41) is 11.5. The van der Waals surface area contributed by atoms with Gasteiger partial charge in [-0.25, -0.2) is 18.0 Å². The lowest BCUT2D eigenvalue weighted by atomic mass is 10.0. The zero-order chi connectivity index (χ0) is 22.8. The van der Waals surface area contributed by atoms with Crippen LogP contribution < -0.4 is 10.1 Å². The molecule has 8 heteroatoms. The number of carboxylic acid groups (broad SMARTS) is 1. The Morgan fingerprint density at radius 1 is 0.968 bits per heavy atom. The second-order valence-electron chi connectivity index (χ2n) is 6.95. The highest BCUT2D eigenvalue weighted by atomic mass is 19.3. The molecule has 0 spiro atoms. The fourth-order valence-electron chi connectivity index (χ4n) is 2.81. The molecule has 31 heavy (non-hydrogen) atoms. The molecule has 0 aliphatic carbocycles. The topological polar surface area (TPSA) is 75.6 Å². The minimum Gasteiger partial charge on any atom is -0.478 e. The molecule has 5 nitrogen and oxygen atoms in total. The number of ether oxygens (including phenoxy) is 1. The van der Waals surface area contributed by atoms with Crippen molar-refractivity contribution in [1.29, 1.82) is 0 Å². The van der Waals surface area contributed by atoms with Gasteiger partial charge in [-0.15, -0.1) is 0 Å². The lowest BCUT2D eigenvalue weighted by Crippen LogP contribution is -2.15. The number of hydrogen-bond donors (Lipinski definition) is 2. The van der Waals surface area contributed by atoms with Gasteiger partial charge in [0, 0.05) is 18.2 Å². The summed E-state index contributed by atoms with van der Waals surface area (Å²) in [5.41, 5.74) is 0.389. The normalized spacial score (nSPS) is 11.1. The predicted molar refractivity (Wildman–Crippen MR) is 109 cm³/mol. The molecule has 0 fully saturated rings. The number of benzene rings is 3. The molecule has 0 atom stereocenters. The van der Waals surface area contributed by atoms with Gasteiger partial charge < -0.3 is 15.2 Å². The van der Waals surface area contributed by atoms with Crippen LogP contribution in [0.25, 0.3) is 0 Å². The minimum atomic E-state index is -3.17. The average molecular weight is 429 g/mol. The third kappa shape index (κ3) is 5.22. The molecule has 0 aliphatic heterocycles. The van der Waals surface area contributed by atoms with E-state index in [9.17, 15) is 22.8 Å². The Kier molecular flexibility index (Phi) is 6.01. The van der Waals surface area contributed by atoms with Crippen molar-refractivity contribution in [2.75, 3.05) is 5.32 Å². The van der Waals surface area contributed by atoms with E-state index < -0.39 is 23.6 Å². The van der Waals surface area contributed by atoms with Crippen LogP contribution in [0.5, 0.6) is 11.5 Å². The second kappa shape index (κ2) is 8.51. The number of carbonyl (C=O) groups excluding carboxylic acids is 1. The number of nitrogens with one attached hydrogen (secondary N) is 1. The first-order valence-corrected chi connectivity index (χ1v) is 9.15. The van der Waals surface area contributed by atoms with Crippen molar-refractivity contribution in [3.8, 4) is 11.5 Å². The van der Waals surface area contributed by atoms with Gasteiger partial charge in [0.1, 0.15) is 17.3 Å². The van der Waals surface area contributed by atoms with Crippen molar-refractivity contribution in [3.63, 3.8) is 0 Å². The van der Waals surface area contributed by atoms with Gasteiger partial charge in [-0.3, -0.25) is 4.79 Å². The molecular formula is C23H18F3NO4. The zero-order valence-corrected chi connectivity index (χ0v) is 16.6. The first-order chi connectivity index (χ1) is 14.5. The molecular weight excluding hydrogens is 411 g/mol. The third-order valence-corrected chi connectivity index (χ3v) is 4.48. The van der Waals surface area contributed by atoms with E-state index in [1.807, 2.05) is 0 Å². The van der Waals surface area contributed by atoms with Gasteiger partial charge in [-0.1, -0.05) is 6.07 Å². The first-order valence-electron chi connectivity index (χ1n) is 9.15. The highest BCUT2D eigenvalue weighted by Crippen LogP contribution is 2.35. The van der Waals surface area contributed by atoms with E-state index in [4.69, 9.17) is 9.84 Å².